The summed E-state index contributed by atoms with van der Waals surface area (Å²) in [5.41, 5.74) is 28.5. The molecule has 0 spiro atoms. The molecule has 0 fully saturated rings. The van der Waals surface area contributed by atoms with E-state index >= 15 is 0 Å². The van der Waals surface area contributed by atoms with Crippen molar-refractivity contribution >= 4 is 102 Å². The highest BCUT2D eigenvalue weighted by atomic mass is 16.5. The van der Waals surface area contributed by atoms with Gasteiger partial charge in [-0.25, -0.2) is 0 Å². The predicted octanol–water partition coefficient (Wildman–Crippen LogP) is 20.3. The maximum absolute atomic E-state index is 7.80. The van der Waals surface area contributed by atoms with E-state index in [4.69, 9.17) is 9.47 Å². The third-order valence-electron chi connectivity index (χ3n) is 21.2. The molecular formula is C87H99B2N3O2. The molecule has 94 heavy (non-hydrogen) atoms. The molecule has 0 bridgehead atoms. The van der Waals surface area contributed by atoms with Gasteiger partial charge in [0.25, 0.3) is 13.4 Å². The average molecular weight is 1240 g/mol. The smallest absolute Gasteiger partial charge is 0.256 e. The lowest BCUT2D eigenvalue weighted by molar-refractivity contribution is 0.459. The van der Waals surface area contributed by atoms with Crippen molar-refractivity contribution in [3.8, 4) is 28.7 Å². The lowest BCUT2D eigenvalue weighted by atomic mass is 9.30. The Labute approximate surface area is 563 Å². The third kappa shape index (κ3) is 10.2. The van der Waals surface area contributed by atoms with Crippen LogP contribution in [0.15, 0.2) is 146 Å². The molecule has 0 N–H and O–H groups in total. The Morgan fingerprint density at radius 1 is 0.298 bits per heavy atom. The van der Waals surface area contributed by atoms with Crippen LogP contribution in [0.5, 0.6) is 23.0 Å². The van der Waals surface area contributed by atoms with Gasteiger partial charge in [-0.1, -0.05) is 239 Å². The maximum Gasteiger partial charge on any atom is 0.256 e. The van der Waals surface area contributed by atoms with Crippen molar-refractivity contribution in [1.29, 1.82) is 0 Å². The first kappa shape index (κ1) is 63.5. The summed E-state index contributed by atoms with van der Waals surface area (Å²) in [6, 6.07) is 57.6. The summed E-state index contributed by atoms with van der Waals surface area (Å²) in [7, 11) is 0. The van der Waals surface area contributed by atoms with Gasteiger partial charge in [-0.2, -0.15) is 0 Å². The molecular weight excluding hydrogens is 1140 g/mol. The topological polar surface area (TPSA) is 29.9 Å². The summed E-state index contributed by atoms with van der Waals surface area (Å²) in [5, 5.41) is 2.55. The molecule has 10 aromatic rings. The standard InChI is InChI=1S/C87H99B2N3O2/c1-50-78-73-77-74-79(50)94-72-49-60(91(63-44-55(84(14,15)16)38-56(45-63)85(17,18)19)64-46-57(86(20,21)22)39-58(47-64)87(23,24)25)33-35-68(72)89(74)70-31-27-29-66-65-28-26-30-69(75(65)92(77)76(66)70)88(73)67-34-32-59(48-71(67)93-78)90(61-40-51(80(2,3)4)36-52(41-61)81(5,6)7)62-42-53(82(8,9)10)37-54(43-62)83(11,12)13/h26-49H,1-25H3. The minimum atomic E-state index is -0.0996. The van der Waals surface area contributed by atoms with Crippen LogP contribution in [0.4, 0.5) is 34.1 Å². The molecule has 0 amide bonds. The van der Waals surface area contributed by atoms with Crippen LogP contribution in [0.3, 0.4) is 0 Å². The molecule has 1 aromatic heterocycles. The van der Waals surface area contributed by atoms with Crippen LogP contribution in [0.2, 0.25) is 0 Å². The second kappa shape index (κ2) is 20.6. The molecule has 9 aromatic carbocycles. The van der Waals surface area contributed by atoms with Crippen LogP contribution in [0, 0.1) is 6.92 Å². The van der Waals surface area contributed by atoms with Gasteiger partial charge in [0.1, 0.15) is 23.0 Å². The number of aromatic nitrogens is 1. The van der Waals surface area contributed by atoms with Crippen LogP contribution in [0.1, 0.15) is 216 Å². The van der Waals surface area contributed by atoms with E-state index < -0.39 is 0 Å². The minimum absolute atomic E-state index is 0.0959. The first-order valence-electron chi connectivity index (χ1n) is 34.7. The van der Waals surface area contributed by atoms with Crippen LogP contribution < -0.4 is 52.1 Å². The predicted molar refractivity (Wildman–Crippen MR) is 407 cm³/mol. The quantitative estimate of drug-likeness (QED) is 0.155. The molecule has 14 rings (SSSR count). The number of para-hydroxylation sites is 2. The van der Waals surface area contributed by atoms with Crippen molar-refractivity contribution in [2.45, 2.75) is 216 Å². The van der Waals surface area contributed by atoms with Gasteiger partial charge in [-0.15, -0.1) is 0 Å². The summed E-state index contributed by atoms with van der Waals surface area (Å²) in [6.07, 6.45) is 0. The molecule has 480 valence electrons. The Kier molecular flexibility index (Phi) is 13.9. The van der Waals surface area contributed by atoms with Crippen LogP contribution in [0.25, 0.3) is 27.5 Å². The van der Waals surface area contributed by atoms with E-state index in [-0.39, 0.29) is 56.7 Å². The number of ether oxygens (including phenoxy) is 2. The number of hydrogen-bond donors (Lipinski definition) is 0. The Morgan fingerprint density at radius 2 is 0.564 bits per heavy atom. The molecule has 0 saturated carbocycles. The van der Waals surface area contributed by atoms with E-state index in [1.54, 1.807) is 0 Å². The number of fused-ring (bicyclic) bond motifs is 7. The van der Waals surface area contributed by atoms with E-state index in [9.17, 15) is 0 Å². The highest BCUT2D eigenvalue weighted by Crippen LogP contribution is 2.50. The van der Waals surface area contributed by atoms with E-state index in [1.165, 1.54) is 105 Å². The summed E-state index contributed by atoms with van der Waals surface area (Å²) in [4.78, 5) is 5.05. The molecule has 7 heteroatoms. The van der Waals surface area contributed by atoms with Crippen LogP contribution in [-0.2, 0) is 43.3 Å². The molecule has 0 atom stereocenters. The van der Waals surface area contributed by atoms with Crippen molar-refractivity contribution in [1.82, 2.24) is 4.57 Å². The van der Waals surface area contributed by atoms with Gasteiger partial charge in [0.05, 0.1) is 0 Å². The second-order valence-corrected chi connectivity index (χ2v) is 36.5. The highest BCUT2D eigenvalue weighted by Gasteiger charge is 2.50. The Hall–Kier alpha value is -7.89. The first-order chi connectivity index (χ1) is 43.6. The minimum Gasteiger partial charge on any atom is -0.458 e. The third-order valence-corrected chi connectivity index (χ3v) is 21.2. The normalized spacial score (nSPS) is 14.4. The fourth-order valence-electron chi connectivity index (χ4n) is 15.2. The Balaban J connectivity index is 1.01. The van der Waals surface area contributed by atoms with Gasteiger partial charge in [0.2, 0.25) is 0 Å². The van der Waals surface area contributed by atoms with Crippen molar-refractivity contribution in [3.63, 3.8) is 0 Å². The van der Waals surface area contributed by atoms with Gasteiger partial charge < -0.3 is 23.8 Å². The number of benzene rings is 9. The molecule has 4 aliphatic rings. The Bertz CT molecular complexity index is 4260. The van der Waals surface area contributed by atoms with Gasteiger partial charge in [0.15, 0.2) is 0 Å². The maximum atomic E-state index is 7.80. The molecule has 0 radical (unpaired) electrons. The zero-order valence-corrected chi connectivity index (χ0v) is 61.2. The number of hydrogen-bond acceptors (Lipinski definition) is 4. The molecule has 0 unspecified atom stereocenters. The molecule has 5 heterocycles. The fraction of sp³-hybridized carbons (Fsp3) is 0.379. The average Bonchev–Trinajstić information content (AvgIpc) is 1.36. The fourth-order valence-corrected chi connectivity index (χ4v) is 15.2. The zero-order valence-electron chi connectivity index (χ0n) is 61.2. The SMILES string of the molecule is Cc1c2c3c4c5c1Oc1cc(N(c6cc(C(C)(C)C)cc(C(C)(C)C)c6)c6cc(C(C)(C)C)cc(C(C)(C)C)c6)ccc1B5c1cccc5c6cccc(c6n-4c15)B3c1ccc(N(c3cc(C(C)(C)C)cc(C(C)(C)C)c3)c3cc(C(C)(C)C)cc(C(C)(C)C)c3)cc1O2. The molecule has 0 saturated heterocycles. The first-order valence-corrected chi connectivity index (χ1v) is 34.7. The number of rotatable bonds is 6. The van der Waals surface area contributed by atoms with E-state index in [0.29, 0.717) is 0 Å². The van der Waals surface area contributed by atoms with Gasteiger partial charge in [0, 0.05) is 79.3 Å². The van der Waals surface area contributed by atoms with Crippen molar-refractivity contribution in [3.05, 3.63) is 196 Å². The van der Waals surface area contributed by atoms with Crippen LogP contribution >= 0.6 is 0 Å². The number of nitrogens with zero attached hydrogens (tertiary/aromatic N) is 3. The summed E-state index contributed by atoms with van der Waals surface area (Å²) < 4.78 is 18.2. The molecule has 4 aliphatic heterocycles. The van der Waals surface area contributed by atoms with Gasteiger partial charge >= 0.3 is 0 Å². The van der Waals surface area contributed by atoms with Gasteiger partial charge in [-0.3, -0.25) is 0 Å². The largest absolute Gasteiger partial charge is 0.458 e. The second-order valence-electron chi connectivity index (χ2n) is 36.5. The monoisotopic (exact) mass is 1240 g/mol. The van der Waals surface area contributed by atoms with Crippen molar-refractivity contribution in [2.24, 2.45) is 0 Å². The van der Waals surface area contributed by atoms with Crippen molar-refractivity contribution in [2.75, 3.05) is 9.80 Å². The zero-order chi connectivity index (χ0) is 67.6. The number of anilines is 6. The van der Waals surface area contributed by atoms with Gasteiger partial charge in [-0.05, 0) is 188 Å². The summed E-state index contributed by atoms with van der Waals surface area (Å²) >= 11 is 0. The molecule has 5 nitrogen and oxygen atoms in total. The summed E-state index contributed by atoms with van der Waals surface area (Å²) in [6.45, 7) is 58.2. The van der Waals surface area contributed by atoms with Crippen LogP contribution in [-0.4, -0.2) is 18.0 Å². The van der Waals surface area contributed by atoms with E-state index in [0.717, 1.165) is 62.7 Å². The molecule has 0 aliphatic carbocycles. The van der Waals surface area contributed by atoms with Crippen molar-refractivity contribution < 1.29 is 9.47 Å². The summed E-state index contributed by atoms with van der Waals surface area (Å²) in [5.74, 6) is 3.50. The van der Waals surface area contributed by atoms with E-state index in [2.05, 4.69) is 333 Å². The lowest BCUT2D eigenvalue weighted by Crippen LogP contribution is -2.65. The van der Waals surface area contributed by atoms with E-state index in [1.807, 2.05) is 0 Å². The lowest BCUT2D eigenvalue weighted by Gasteiger charge is -2.41. The highest BCUT2D eigenvalue weighted by molar-refractivity contribution is 7.03. The Morgan fingerprint density at radius 3 is 0.819 bits per heavy atom.